The van der Waals surface area contributed by atoms with Crippen LogP contribution in [0.15, 0.2) is 36.5 Å². The van der Waals surface area contributed by atoms with E-state index < -0.39 is 23.6 Å². The predicted octanol–water partition coefficient (Wildman–Crippen LogP) is 2.63. The van der Waals surface area contributed by atoms with E-state index >= 15 is 0 Å². The number of aromatic nitrogens is 2. The van der Waals surface area contributed by atoms with E-state index in [-0.39, 0.29) is 24.3 Å². The highest BCUT2D eigenvalue weighted by Crippen LogP contribution is 2.30. The third-order valence-electron chi connectivity index (χ3n) is 2.93. The molecular formula is C14H12F3N3O3. The van der Waals surface area contributed by atoms with Crippen LogP contribution in [-0.4, -0.2) is 26.8 Å². The van der Waals surface area contributed by atoms with Gasteiger partial charge in [0.1, 0.15) is 5.69 Å². The lowest BCUT2D eigenvalue weighted by molar-refractivity contribution is -0.138. The molecule has 0 saturated heterocycles. The summed E-state index contributed by atoms with van der Waals surface area (Å²) in [5.41, 5.74) is -0.839. The second kappa shape index (κ2) is 6.51. The van der Waals surface area contributed by atoms with Gasteiger partial charge in [-0.2, -0.15) is 18.3 Å². The normalized spacial score (nSPS) is 11.3. The number of amides is 1. The number of benzene rings is 1. The fraction of sp³-hybridized carbons (Fsp3) is 0.214. The molecule has 2 rings (SSSR count). The Hall–Kier alpha value is -2.84. The van der Waals surface area contributed by atoms with Crippen LogP contribution in [-0.2, 0) is 17.5 Å². The Kier molecular flexibility index (Phi) is 4.68. The molecule has 1 amide bonds. The number of carboxylic acids is 1. The summed E-state index contributed by atoms with van der Waals surface area (Å²) in [5, 5.41) is 14.8. The van der Waals surface area contributed by atoms with Crippen LogP contribution in [0.4, 0.5) is 18.9 Å². The van der Waals surface area contributed by atoms with Gasteiger partial charge < -0.3 is 10.4 Å². The van der Waals surface area contributed by atoms with Crippen LogP contribution in [0.2, 0.25) is 0 Å². The molecule has 23 heavy (non-hydrogen) atoms. The Morgan fingerprint density at radius 2 is 2.00 bits per heavy atom. The third kappa shape index (κ3) is 4.31. The molecule has 122 valence electrons. The first-order chi connectivity index (χ1) is 10.8. The van der Waals surface area contributed by atoms with Gasteiger partial charge in [0.25, 0.3) is 5.91 Å². The summed E-state index contributed by atoms with van der Waals surface area (Å²) in [6.45, 7) is -0.0202. The fourth-order valence-corrected chi connectivity index (χ4v) is 1.87. The van der Waals surface area contributed by atoms with Crippen molar-refractivity contribution < 1.29 is 27.9 Å². The second-order valence-corrected chi connectivity index (χ2v) is 4.62. The number of halogens is 3. The minimum Gasteiger partial charge on any atom is -0.481 e. The molecule has 0 unspecified atom stereocenters. The summed E-state index contributed by atoms with van der Waals surface area (Å²) < 4.78 is 39.1. The van der Waals surface area contributed by atoms with Crippen LogP contribution in [0.3, 0.4) is 0 Å². The summed E-state index contributed by atoms with van der Waals surface area (Å²) >= 11 is 0. The van der Waals surface area contributed by atoms with Crippen LogP contribution in [0.1, 0.15) is 22.5 Å². The maximum Gasteiger partial charge on any atom is 0.416 e. The van der Waals surface area contributed by atoms with E-state index in [2.05, 4.69) is 10.4 Å². The maximum absolute atomic E-state index is 12.6. The van der Waals surface area contributed by atoms with Crippen molar-refractivity contribution >= 4 is 17.6 Å². The van der Waals surface area contributed by atoms with Crippen LogP contribution in [0.5, 0.6) is 0 Å². The number of rotatable bonds is 5. The van der Waals surface area contributed by atoms with Crippen LogP contribution < -0.4 is 5.32 Å². The van der Waals surface area contributed by atoms with Gasteiger partial charge in [-0.15, -0.1) is 0 Å². The minimum absolute atomic E-state index is 0.0178. The maximum atomic E-state index is 12.6. The molecule has 0 aliphatic rings. The van der Waals surface area contributed by atoms with E-state index in [1.807, 2.05) is 0 Å². The topological polar surface area (TPSA) is 84.2 Å². The van der Waals surface area contributed by atoms with Gasteiger partial charge >= 0.3 is 12.1 Å². The number of hydrogen-bond acceptors (Lipinski definition) is 3. The zero-order chi connectivity index (χ0) is 17.0. The van der Waals surface area contributed by atoms with Crippen molar-refractivity contribution in [1.82, 2.24) is 9.78 Å². The van der Waals surface area contributed by atoms with Crippen molar-refractivity contribution in [2.45, 2.75) is 19.1 Å². The molecule has 0 saturated carbocycles. The highest BCUT2D eigenvalue weighted by molar-refractivity contribution is 6.03. The molecule has 0 fully saturated rings. The summed E-state index contributed by atoms with van der Waals surface area (Å²) in [4.78, 5) is 22.7. The third-order valence-corrected chi connectivity index (χ3v) is 2.93. The number of carboxylic acid groups (broad SMARTS) is 1. The molecule has 1 heterocycles. The van der Waals surface area contributed by atoms with Gasteiger partial charge in [0.15, 0.2) is 0 Å². The largest absolute Gasteiger partial charge is 0.481 e. The summed E-state index contributed by atoms with van der Waals surface area (Å²) in [7, 11) is 0. The lowest BCUT2D eigenvalue weighted by atomic mass is 10.2. The van der Waals surface area contributed by atoms with Gasteiger partial charge in [-0.3, -0.25) is 14.3 Å². The number of aryl methyl sites for hydroxylation is 1. The minimum atomic E-state index is -4.51. The highest BCUT2D eigenvalue weighted by Gasteiger charge is 2.30. The van der Waals surface area contributed by atoms with Gasteiger partial charge in [-0.1, -0.05) is 6.07 Å². The number of nitrogens with zero attached hydrogens (tertiary/aromatic N) is 2. The number of anilines is 1. The van der Waals surface area contributed by atoms with E-state index in [1.165, 1.54) is 29.1 Å². The zero-order valence-corrected chi connectivity index (χ0v) is 11.7. The zero-order valence-electron chi connectivity index (χ0n) is 11.7. The molecule has 0 spiro atoms. The van der Waals surface area contributed by atoms with Gasteiger partial charge in [-0.25, -0.2) is 0 Å². The second-order valence-electron chi connectivity index (χ2n) is 4.62. The van der Waals surface area contributed by atoms with Gasteiger partial charge in [0.05, 0.1) is 18.5 Å². The summed E-state index contributed by atoms with van der Waals surface area (Å²) in [6.07, 6.45) is -3.43. The molecule has 0 atom stereocenters. The molecule has 6 nitrogen and oxygen atoms in total. The van der Waals surface area contributed by atoms with Crippen molar-refractivity contribution in [2.75, 3.05) is 5.32 Å². The Labute approximate surface area is 128 Å². The van der Waals surface area contributed by atoms with Gasteiger partial charge in [-0.05, 0) is 24.3 Å². The molecule has 2 N–H and O–H groups in total. The number of aliphatic carboxylic acids is 1. The van der Waals surface area contributed by atoms with E-state index in [0.29, 0.717) is 0 Å². The number of alkyl halides is 3. The predicted molar refractivity (Wildman–Crippen MR) is 73.9 cm³/mol. The van der Waals surface area contributed by atoms with Crippen molar-refractivity contribution in [3.8, 4) is 0 Å². The molecular weight excluding hydrogens is 315 g/mol. The molecule has 0 radical (unpaired) electrons. The lowest BCUT2D eigenvalue weighted by Gasteiger charge is -2.10. The smallest absolute Gasteiger partial charge is 0.416 e. The number of carbonyl (C=O) groups excluding carboxylic acids is 1. The lowest BCUT2D eigenvalue weighted by Crippen LogP contribution is -2.19. The first-order valence-corrected chi connectivity index (χ1v) is 6.49. The first kappa shape index (κ1) is 16.5. The monoisotopic (exact) mass is 327 g/mol. The molecule has 0 bridgehead atoms. The Bertz CT molecular complexity index is 725. The van der Waals surface area contributed by atoms with Gasteiger partial charge in [0, 0.05) is 11.9 Å². The Morgan fingerprint density at radius 1 is 1.26 bits per heavy atom. The number of carbonyl (C=O) groups is 2. The Balaban J connectivity index is 2.14. The van der Waals surface area contributed by atoms with E-state index in [9.17, 15) is 22.8 Å². The van der Waals surface area contributed by atoms with Crippen molar-refractivity contribution in [3.63, 3.8) is 0 Å². The molecule has 1 aromatic heterocycles. The summed E-state index contributed by atoms with van der Waals surface area (Å²) in [5.74, 6) is -1.73. The van der Waals surface area contributed by atoms with Crippen molar-refractivity contribution in [3.05, 3.63) is 47.8 Å². The average Bonchev–Trinajstić information content (AvgIpc) is 2.93. The van der Waals surface area contributed by atoms with E-state index in [1.54, 1.807) is 0 Å². The van der Waals surface area contributed by atoms with E-state index in [4.69, 9.17) is 5.11 Å². The van der Waals surface area contributed by atoms with Crippen molar-refractivity contribution in [1.29, 1.82) is 0 Å². The Morgan fingerprint density at radius 3 is 2.65 bits per heavy atom. The van der Waals surface area contributed by atoms with Crippen LogP contribution in [0.25, 0.3) is 0 Å². The summed E-state index contributed by atoms with van der Waals surface area (Å²) in [6, 6.07) is 5.57. The van der Waals surface area contributed by atoms with Crippen LogP contribution in [0, 0.1) is 0 Å². The standard InChI is InChI=1S/C14H12F3N3O3/c15-14(16,17)9-2-1-3-10(8-9)19-13(23)11-4-6-18-20(11)7-5-12(21)22/h1-4,6,8H,5,7H2,(H,19,23)(H,21,22). The number of nitrogens with one attached hydrogen (secondary N) is 1. The fourth-order valence-electron chi connectivity index (χ4n) is 1.87. The van der Waals surface area contributed by atoms with Gasteiger partial charge in [0.2, 0.25) is 0 Å². The molecule has 0 aliphatic carbocycles. The molecule has 0 aliphatic heterocycles. The van der Waals surface area contributed by atoms with Crippen LogP contribution >= 0.6 is 0 Å². The molecule has 9 heteroatoms. The SMILES string of the molecule is O=C(O)CCn1nccc1C(=O)Nc1cccc(C(F)(F)F)c1. The average molecular weight is 327 g/mol. The quantitative estimate of drug-likeness (QED) is 0.884. The molecule has 2 aromatic rings. The van der Waals surface area contributed by atoms with Crippen molar-refractivity contribution in [2.24, 2.45) is 0 Å². The highest BCUT2D eigenvalue weighted by atomic mass is 19.4. The first-order valence-electron chi connectivity index (χ1n) is 6.49. The molecule has 1 aromatic carbocycles. The van der Waals surface area contributed by atoms with E-state index in [0.717, 1.165) is 12.1 Å². The number of hydrogen-bond donors (Lipinski definition) is 2.